The number of amides is 1. The minimum atomic E-state index is -0.282. The van der Waals surface area contributed by atoms with Crippen LogP contribution in [0.25, 0.3) is 5.69 Å². The van der Waals surface area contributed by atoms with Crippen LogP contribution in [0.15, 0.2) is 60.0 Å². The van der Waals surface area contributed by atoms with Gasteiger partial charge >= 0.3 is 0 Å². The van der Waals surface area contributed by atoms with E-state index in [0.717, 1.165) is 21.6 Å². The first-order chi connectivity index (χ1) is 15.0. The topological polar surface area (TPSA) is 81.9 Å². The van der Waals surface area contributed by atoms with Crippen molar-refractivity contribution >= 4 is 34.7 Å². The summed E-state index contributed by atoms with van der Waals surface area (Å²) < 4.78 is 7.18. The van der Waals surface area contributed by atoms with Gasteiger partial charge in [-0.2, -0.15) is 0 Å². The van der Waals surface area contributed by atoms with Crippen molar-refractivity contribution in [3.05, 3.63) is 76.0 Å². The molecule has 4 rings (SSSR count). The molecule has 0 aliphatic rings. The summed E-state index contributed by atoms with van der Waals surface area (Å²) in [6.45, 7) is 4.17. The molecule has 0 bridgehead atoms. The number of benzene rings is 2. The molecular formula is C22H21N5O2S2. The van der Waals surface area contributed by atoms with Crippen LogP contribution in [-0.4, -0.2) is 32.8 Å². The zero-order valence-corrected chi connectivity index (χ0v) is 19.0. The lowest BCUT2D eigenvalue weighted by Crippen LogP contribution is -2.11. The van der Waals surface area contributed by atoms with Gasteiger partial charge in [0.1, 0.15) is 10.8 Å². The Hall–Kier alpha value is -3.17. The number of anilines is 1. The van der Waals surface area contributed by atoms with Crippen molar-refractivity contribution < 1.29 is 9.53 Å². The van der Waals surface area contributed by atoms with E-state index < -0.39 is 0 Å². The summed E-state index contributed by atoms with van der Waals surface area (Å²) in [5.41, 5.74) is 4.16. The monoisotopic (exact) mass is 451 g/mol. The number of aromatic nitrogens is 4. The lowest BCUT2D eigenvalue weighted by molar-refractivity contribution is 0.102. The lowest BCUT2D eigenvalue weighted by Gasteiger charge is -2.09. The van der Waals surface area contributed by atoms with Crippen molar-refractivity contribution in [3.63, 3.8) is 0 Å². The van der Waals surface area contributed by atoms with Gasteiger partial charge < -0.3 is 10.1 Å². The molecule has 1 amide bonds. The Labute approximate surface area is 188 Å². The Kier molecular flexibility index (Phi) is 6.34. The van der Waals surface area contributed by atoms with Crippen LogP contribution in [0.3, 0.4) is 0 Å². The zero-order chi connectivity index (χ0) is 21.8. The summed E-state index contributed by atoms with van der Waals surface area (Å²) in [6.07, 6.45) is 3.73. The molecule has 0 saturated heterocycles. The summed E-state index contributed by atoms with van der Waals surface area (Å²) in [6, 6.07) is 13.5. The van der Waals surface area contributed by atoms with Crippen molar-refractivity contribution in [2.45, 2.75) is 24.8 Å². The van der Waals surface area contributed by atoms with E-state index in [9.17, 15) is 4.79 Å². The van der Waals surface area contributed by atoms with E-state index in [1.54, 1.807) is 49.3 Å². The van der Waals surface area contributed by atoms with Gasteiger partial charge in [0.25, 0.3) is 5.91 Å². The van der Waals surface area contributed by atoms with Gasteiger partial charge in [-0.25, -0.2) is 4.98 Å². The molecule has 1 N–H and O–H groups in total. The predicted molar refractivity (Wildman–Crippen MR) is 123 cm³/mol. The second-order valence-corrected chi connectivity index (χ2v) is 8.90. The first-order valence-corrected chi connectivity index (χ1v) is 11.3. The van der Waals surface area contributed by atoms with Crippen LogP contribution in [-0.2, 0) is 5.75 Å². The van der Waals surface area contributed by atoms with E-state index in [4.69, 9.17) is 4.74 Å². The van der Waals surface area contributed by atoms with Crippen molar-refractivity contribution in [2.24, 2.45) is 0 Å². The Morgan fingerprint density at radius 3 is 2.58 bits per heavy atom. The van der Waals surface area contributed by atoms with Crippen LogP contribution in [0.4, 0.5) is 5.69 Å². The number of carbonyl (C=O) groups is 1. The van der Waals surface area contributed by atoms with E-state index >= 15 is 0 Å². The maximum atomic E-state index is 12.5. The number of carbonyl (C=O) groups excluding carboxylic acids is 1. The molecule has 4 aromatic rings. The van der Waals surface area contributed by atoms with E-state index in [-0.39, 0.29) is 5.91 Å². The van der Waals surface area contributed by atoms with Crippen LogP contribution in [0.5, 0.6) is 5.75 Å². The van der Waals surface area contributed by atoms with E-state index in [0.29, 0.717) is 16.4 Å². The standard InChI is InChI=1S/C22H21N5O2S2/c1-14-10-15(2)12-17(11-14)27-9-8-23-22(27)30-13-19-25-26-21(31-19)20(28)24-16-4-6-18(29-3)7-5-16/h4-12H,13H2,1-3H3,(H,24,28). The average molecular weight is 452 g/mol. The van der Waals surface area contributed by atoms with Crippen molar-refractivity contribution in [1.29, 1.82) is 0 Å². The Bertz CT molecular complexity index is 1180. The molecule has 2 heterocycles. The minimum absolute atomic E-state index is 0.282. The highest BCUT2D eigenvalue weighted by Crippen LogP contribution is 2.26. The van der Waals surface area contributed by atoms with Crippen molar-refractivity contribution in [1.82, 2.24) is 19.7 Å². The largest absolute Gasteiger partial charge is 0.497 e. The summed E-state index contributed by atoms with van der Waals surface area (Å²) in [5.74, 6) is 1.03. The van der Waals surface area contributed by atoms with E-state index in [2.05, 4.69) is 57.1 Å². The minimum Gasteiger partial charge on any atom is -0.497 e. The molecule has 0 radical (unpaired) electrons. The maximum Gasteiger partial charge on any atom is 0.286 e. The van der Waals surface area contributed by atoms with Crippen LogP contribution < -0.4 is 10.1 Å². The molecule has 0 unspecified atom stereocenters. The quantitative estimate of drug-likeness (QED) is 0.403. The molecule has 158 valence electrons. The number of nitrogens with zero attached hydrogens (tertiary/aromatic N) is 4. The Morgan fingerprint density at radius 1 is 1.13 bits per heavy atom. The highest BCUT2D eigenvalue weighted by Gasteiger charge is 2.15. The van der Waals surface area contributed by atoms with Crippen LogP contribution in [0.1, 0.15) is 25.9 Å². The molecule has 2 aromatic heterocycles. The second kappa shape index (κ2) is 9.32. The van der Waals surface area contributed by atoms with Crippen molar-refractivity contribution in [2.75, 3.05) is 12.4 Å². The predicted octanol–water partition coefficient (Wildman–Crippen LogP) is 4.89. The smallest absolute Gasteiger partial charge is 0.286 e. The number of thioether (sulfide) groups is 1. The number of aryl methyl sites for hydroxylation is 2. The van der Waals surface area contributed by atoms with E-state index in [1.807, 2.05) is 6.20 Å². The summed E-state index contributed by atoms with van der Waals surface area (Å²) >= 11 is 2.84. The number of nitrogens with one attached hydrogen (secondary N) is 1. The highest BCUT2D eigenvalue weighted by atomic mass is 32.2. The Balaban J connectivity index is 1.41. The fourth-order valence-corrected chi connectivity index (χ4v) is 4.77. The zero-order valence-electron chi connectivity index (χ0n) is 17.3. The highest BCUT2D eigenvalue weighted by molar-refractivity contribution is 7.98. The van der Waals surface area contributed by atoms with Crippen LogP contribution in [0, 0.1) is 13.8 Å². The van der Waals surface area contributed by atoms with Crippen molar-refractivity contribution in [3.8, 4) is 11.4 Å². The van der Waals surface area contributed by atoms with Gasteiger partial charge in [0.2, 0.25) is 5.01 Å². The van der Waals surface area contributed by atoms with E-state index in [1.165, 1.54) is 22.5 Å². The SMILES string of the molecule is COc1ccc(NC(=O)c2nnc(CSc3nccn3-c3cc(C)cc(C)c3)s2)cc1. The first-order valence-electron chi connectivity index (χ1n) is 9.54. The third kappa shape index (κ3) is 5.12. The Morgan fingerprint density at radius 2 is 1.87 bits per heavy atom. The summed E-state index contributed by atoms with van der Waals surface area (Å²) in [4.78, 5) is 16.9. The number of methoxy groups -OCH3 is 1. The normalized spacial score (nSPS) is 10.8. The molecule has 0 atom stereocenters. The number of hydrogen-bond acceptors (Lipinski definition) is 7. The maximum absolute atomic E-state index is 12.5. The fourth-order valence-electron chi connectivity index (χ4n) is 3.07. The van der Waals surface area contributed by atoms with Gasteiger partial charge in [-0.15, -0.1) is 10.2 Å². The molecule has 0 aliphatic carbocycles. The van der Waals surface area contributed by atoms with Crippen LogP contribution >= 0.6 is 23.1 Å². The molecule has 0 aliphatic heterocycles. The van der Waals surface area contributed by atoms with Gasteiger partial charge in [0.05, 0.1) is 12.9 Å². The molecule has 0 saturated carbocycles. The number of imidazole rings is 1. The molecule has 0 spiro atoms. The number of ether oxygens (including phenoxy) is 1. The van der Waals surface area contributed by atoms with Gasteiger partial charge in [0, 0.05) is 23.8 Å². The van der Waals surface area contributed by atoms with Crippen LogP contribution in [0.2, 0.25) is 0 Å². The number of hydrogen-bond donors (Lipinski definition) is 1. The molecular weight excluding hydrogens is 430 g/mol. The molecule has 31 heavy (non-hydrogen) atoms. The van der Waals surface area contributed by atoms with Gasteiger partial charge in [-0.05, 0) is 61.4 Å². The molecule has 2 aromatic carbocycles. The third-order valence-electron chi connectivity index (χ3n) is 4.43. The molecule has 7 nitrogen and oxygen atoms in total. The average Bonchev–Trinajstić information content (AvgIpc) is 3.41. The lowest BCUT2D eigenvalue weighted by atomic mass is 10.1. The second-order valence-electron chi connectivity index (χ2n) is 6.90. The fraction of sp³-hybridized carbons (Fsp3) is 0.182. The van der Waals surface area contributed by atoms with Gasteiger partial charge in [-0.3, -0.25) is 9.36 Å². The van der Waals surface area contributed by atoms with Gasteiger partial charge in [0.15, 0.2) is 5.16 Å². The number of rotatable bonds is 7. The molecule has 0 fully saturated rings. The third-order valence-corrected chi connectivity index (χ3v) is 6.51. The van der Waals surface area contributed by atoms with Gasteiger partial charge in [-0.1, -0.05) is 29.2 Å². The summed E-state index contributed by atoms with van der Waals surface area (Å²) in [7, 11) is 1.60. The summed E-state index contributed by atoms with van der Waals surface area (Å²) in [5, 5.41) is 13.0. The first kappa shape index (κ1) is 21.1. The molecule has 9 heteroatoms.